The molecule has 0 spiro atoms. The van der Waals surface area contributed by atoms with Gasteiger partial charge in [0.05, 0.1) is 13.2 Å². The van der Waals surface area contributed by atoms with E-state index in [2.05, 4.69) is 26.6 Å². The summed E-state index contributed by atoms with van der Waals surface area (Å²) in [5.74, 6) is 0. The Hall–Kier alpha value is -0.320. The molecule has 2 atom stereocenters. The lowest BCUT2D eigenvalue weighted by Crippen LogP contribution is -2.76. The second-order valence-corrected chi connectivity index (χ2v) is 3.20. The first kappa shape index (κ1) is 12.7. The lowest BCUT2D eigenvalue weighted by molar-refractivity contribution is 0.142. The van der Waals surface area contributed by atoms with Gasteiger partial charge in [0.1, 0.15) is 18.9 Å². The van der Waals surface area contributed by atoms with Crippen molar-refractivity contribution in [1.29, 1.82) is 0 Å². The normalized spacial score (nSPS) is 31.8. The van der Waals surface area contributed by atoms with Crippen molar-refractivity contribution in [2.45, 2.75) is 18.9 Å². The van der Waals surface area contributed by atoms with Crippen molar-refractivity contribution in [3.8, 4) is 0 Å². The summed E-state index contributed by atoms with van der Waals surface area (Å²) >= 11 is 0. The molecule has 8 heteroatoms. The third-order valence-corrected chi connectivity index (χ3v) is 1.95. The van der Waals surface area contributed by atoms with Crippen LogP contribution >= 0.6 is 0 Å². The van der Waals surface area contributed by atoms with Crippen LogP contribution in [0.1, 0.15) is 0 Å². The molecular weight excluding hydrogens is 200 g/mol. The second-order valence-electron chi connectivity index (χ2n) is 3.20. The maximum atomic E-state index is 8.66. The molecule has 2 unspecified atom stereocenters. The molecule has 1 rings (SSSR count). The van der Waals surface area contributed by atoms with Crippen LogP contribution < -0.4 is 32.3 Å². The van der Waals surface area contributed by atoms with Gasteiger partial charge >= 0.3 is 0 Å². The Morgan fingerprint density at radius 2 is 1.40 bits per heavy atom. The van der Waals surface area contributed by atoms with E-state index in [0.29, 0.717) is 13.1 Å². The number of hydrogen-bond donors (Lipinski definition) is 8. The Labute approximate surface area is 88.6 Å². The van der Waals surface area contributed by atoms with Gasteiger partial charge in [0.25, 0.3) is 0 Å². The zero-order chi connectivity index (χ0) is 11.1. The summed E-state index contributed by atoms with van der Waals surface area (Å²) in [6.07, 6.45) is -0.701. The van der Waals surface area contributed by atoms with Crippen molar-refractivity contribution in [3.05, 3.63) is 0 Å². The van der Waals surface area contributed by atoms with Gasteiger partial charge in [0.2, 0.25) is 0 Å². The molecule has 1 aliphatic heterocycles. The van der Waals surface area contributed by atoms with Crippen molar-refractivity contribution in [2.24, 2.45) is 5.73 Å². The summed E-state index contributed by atoms with van der Waals surface area (Å²) in [5.41, 5.74) is 5.69. The van der Waals surface area contributed by atoms with E-state index in [4.69, 9.17) is 15.9 Å². The molecule has 15 heavy (non-hydrogen) atoms. The number of aliphatic hydroxyl groups excluding tert-OH is 2. The van der Waals surface area contributed by atoms with Gasteiger partial charge < -0.3 is 15.9 Å². The summed E-state index contributed by atoms with van der Waals surface area (Å²) in [6, 6.07) is 0. The lowest BCUT2D eigenvalue weighted by atomic mass is 10.5. The van der Waals surface area contributed by atoms with E-state index in [0.717, 1.165) is 0 Å². The van der Waals surface area contributed by atoms with Crippen LogP contribution in [0.3, 0.4) is 0 Å². The van der Waals surface area contributed by atoms with E-state index in [1.54, 1.807) is 0 Å². The van der Waals surface area contributed by atoms with Crippen LogP contribution in [0.4, 0.5) is 0 Å². The van der Waals surface area contributed by atoms with Gasteiger partial charge in [0, 0.05) is 13.1 Å². The third-order valence-electron chi connectivity index (χ3n) is 1.95. The molecule has 9 N–H and O–H groups in total. The van der Waals surface area contributed by atoms with E-state index in [1.807, 2.05) is 0 Å². The number of nitrogens with two attached hydrogens (primary N) is 1. The van der Waals surface area contributed by atoms with Crippen molar-refractivity contribution in [1.82, 2.24) is 26.6 Å². The monoisotopic (exact) mass is 220 g/mol. The fourth-order valence-electron chi connectivity index (χ4n) is 1.32. The molecule has 1 aliphatic rings. The Morgan fingerprint density at radius 3 is 1.80 bits per heavy atom. The Bertz CT molecular complexity index is 156. The summed E-state index contributed by atoms with van der Waals surface area (Å²) in [6.45, 7) is 1.09. The first-order valence-corrected chi connectivity index (χ1v) is 4.98. The molecule has 1 heterocycles. The molecule has 0 bridgehead atoms. The highest BCUT2D eigenvalue weighted by atomic mass is 16.3. The summed E-state index contributed by atoms with van der Waals surface area (Å²) in [4.78, 5) is 0. The number of nitrogens with one attached hydrogen (secondary N) is 5. The smallest absolute Gasteiger partial charge is 0.116 e. The molecule has 1 fully saturated rings. The molecule has 0 aromatic rings. The van der Waals surface area contributed by atoms with Crippen LogP contribution in [-0.4, -0.2) is 55.4 Å². The highest BCUT2D eigenvalue weighted by Crippen LogP contribution is 1.85. The Balaban J connectivity index is 2.27. The van der Waals surface area contributed by atoms with Gasteiger partial charge in [0.15, 0.2) is 0 Å². The molecule has 1 saturated heterocycles. The maximum absolute atomic E-state index is 8.66. The van der Waals surface area contributed by atoms with Crippen molar-refractivity contribution in [2.75, 3.05) is 26.3 Å². The molecular formula is C7H20N6O2. The van der Waals surface area contributed by atoms with Gasteiger partial charge in [-0.05, 0) is 0 Å². The Morgan fingerprint density at radius 1 is 0.933 bits per heavy atom. The largest absolute Gasteiger partial charge is 0.395 e. The van der Waals surface area contributed by atoms with Crippen LogP contribution in [0.15, 0.2) is 0 Å². The van der Waals surface area contributed by atoms with Gasteiger partial charge in [-0.1, -0.05) is 0 Å². The van der Waals surface area contributed by atoms with E-state index >= 15 is 0 Å². The van der Waals surface area contributed by atoms with Crippen LogP contribution in [0.5, 0.6) is 0 Å². The van der Waals surface area contributed by atoms with Gasteiger partial charge in [-0.2, -0.15) is 0 Å². The molecule has 0 aromatic heterocycles. The average molecular weight is 220 g/mol. The van der Waals surface area contributed by atoms with E-state index in [-0.39, 0.29) is 32.1 Å². The fourth-order valence-corrected chi connectivity index (χ4v) is 1.32. The zero-order valence-corrected chi connectivity index (χ0v) is 8.53. The van der Waals surface area contributed by atoms with Crippen molar-refractivity contribution in [3.63, 3.8) is 0 Å². The van der Waals surface area contributed by atoms with E-state index in [9.17, 15) is 0 Å². The topological polar surface area (TPSA) is 127 Å². The minimum Gasteiger partial charge on any atom is -0.395 e. The van der Waals surface area contributed by atoms with Gasteiger partial charge in [-0.15, -0.1) is 0 Å². The minimum absolute atomic E-state index is 0.0667. The highest BCUT2D eigenvalue weighted by Gasteiger charge is 2.22. The number of hydrogen-bond acceptors (Lipinski definition) is 8. The number of rotatable bonds is 6. The third kappa shape index (κ3) is 4.82. The van der Waals surface area contributed by atoms with Gasteiger partial charge in [-0.25, -0.2) is 0 Å². The first-order chi connectivity index (χ1) is 7.26. The standard InChI is InChI=1S/C7H20N6O2/c8-5-11-6(9-1-3-14)13-7(12-5)10-2-4-15/h5-7,9-15H,1-4,8H2. The van der Waals surface area contributed by atoms with Crippen molar-refractivity contribution < 1.29 is 10.2 Å². The predicted octanol–water partition coefficient (Wildman–Crippen LogP) is -4.26. The predicted molar refractivity (Wildman–Crippen MR) is 55.1 cm³/mol. The van der Waals surface area contributed by atoms with Crippen LogP contribution in [0, 0.1) is 0 Å². The summed E-state index contributed by atoms with van der Waals surface area (Å²) in [5, 5.41) is 32.4. The average Bonchev–Trinajstić information content (AvgIpc) is 2.23. The fraction of sp³-hybridized carbons (Fsp3) is 1.00. The maximum Gasteiger partial charge on any atom is 0.116 e. The highest BCUT2D eigenvalue weighted by molar-refractivity contribution is 4.77. The zero-order valence-electron chi connectivity index (χ0n) is 8.53. The van der Waals surface area contributed by atoms with Crippen LogP contribution in [0.2, 0.25) is 0 Å². The molecule has 90 valence electrons. The Kier molecular flexibility index (Phi) is 5.98. The quantitative estimate of drug-likeness (QED) is 0.226. The van der Waals surface area contributed by atoms with Crippen molar-refractivity contribution >= 4 is 0 Å². The molecule has 0 aromatic carbocycles. The van der Waals surface area contributed by atoms with Crippen LogP contribution in [0.25, 0.3) is 0 Å². The lowest BCUT2D eigenvalue weighted by Gasteiger charge is -2.37. The van der Waals surface area contributed by atoms with E-state index < -0.39 is 0 Å². The minimum atomic E-state index is -0.348. The molecule has 8 nitrogen and oxygen atoms in total. The van der Waals surface area contributed by atoms with Gasteiger partial charge in [-0.3, -0.25) is 26.6 Å². The summed E-state index contributed by atoms with van der Waals surface area (Å²) < 4.78 is 0. The molecule has 0 radical (unpaired) electrons. The SMILES string of the molecule is NC1NC(NCCO)NC(NCCO)N1. The molecule has 0 saturated carbocycles. The van der Waals surface area contributed by atoms with E-state index in [1.165, 1.54) is 0 Å². The molecule has 0 amide bonds. The first-order valence-electron chi connectivity index (χ1n) is 4.98. The number of aliphatic hydroxyl groups is 2. The molecule has 0 aliphatic carbocycles. The van der Waals surface area contributed by atoms with Crippen LogP contribution in [-0.2, 0) is 0 Å². The summed E-state index contributed by atoms with van der Waals surface area (Å²) in [7, 11) is 0. The second kappa shape index (κ2) is 7.04.